The Kier molecular flexibility index (Phi) is 5.65. The Bertz CT molecular complexity index is 811. The minimum absolute atomic E-state index is 0.810. The maximum absolute atomic E-state index is 4.51. The molecule has 0 bridgehead atoms. The van der Waals surface area contributed by atoms with Crippen LogP contribution in [-0.2, 0) is 13.0 Å². The number of aryl methyl sites for hydroxylation is 1. The van der Waals surface area contributed by atoms with Crippen molar-refractivity contribution in [2.24, 2.45) is 4.99 Å². The van der Waals surface area contributed by atoms with Gasteiger partial charge in [-0.25, -0.2) is 4.98 Å². The molecule has 6 heteroatoms. The molecule has 0 radical (unpaired) electrons. The Morgan fingerprint density at radius 3 is 2.71 bits per heavy atom. The highest BCUT2D eigenvalue weighted by atomic mass is 15.4. The number of guanidine groups is 1. The minimum atomic E-state index is 0.810. The van der Waals surface area contributed by atoms with Gasteiger partial charge in [-0.05, 0) is 42.2 Å². The van der Waals surface area contributed by atoms with Crippen LogP contribution in [0.15, 0.2) is 47.6 Å². The van der Waals surface area contributed by atoms with Gasteiger partial charge in [0, 0.05) is 65.2 Å². The molecule has 2 aliphatic rings. The molecule has 6 nitrogen and oxygen atoms in total. The third-order valence-corrected chi connectivity index (χ3v) is 5.71. The molecule has 148 valence electrons. The molecule has 1 saturated heterocycles. The zero-order valence-electron chi connectivity index (χ0n) is 16.9. The fraction of sp³-hybridized carbons (Fsp3) is 0.455. The number of hydrogen-bond donors (Lipinski definition) is 1. The lowest BCUT2D eigenvalue weighted by atomic mass is 9.99. The fourth-order valence-electron chi connectivity index (χ4n) is 4.15. The van der Waals surface area contributed by atoms with Gasteiger partial charge >= 0.3 is 0 Å². The predicted octanol–water partition coefficient (Wildman–Crippen LogP) is 2.36. The summed E-state index contributed by atoms with van der Waals surface area (Å²) in [5.41, 5.74) is 4.17. The minimum Gasteiger partial charge on any atom is -0.374 e. The number of nitrogens with one attached hydrogen (secondary N) is 1. The summed E-state index contributed by atoms with van der Waals surface area (Å²) in [7, 11) is 4.05. The monoisotopic (exact) mass is 378 g/mol. The molecule has 0 aliphatic carbocycles. The second-order valence-electron chi connectivity index (χ2n) is 7.55. The summed E-state index contributed by atoms with van der Waals surface area (Å²) in [4.78, 5) is 16.0. The van der Waals surface area contributed by atoms with Crippen molar-refractivity contribution in [2.75, 3.05) is 56.6 Å². The highest BCUT2D eigenvalue weighted by Gasteiger charge is 2.20. The molecule has 2 aliphatic heterocycles. The van der Waals surface area contributed by atoms with Gasteiger partial charge in [0.15, 0.2) is 5.96 Å². The molecular formula is C22H30N6. The number of anilines is 2. The third-order valence-electron chi connectivity index (χ3n) is 5.71. The lowest BCUT2D eigenvalue weighted by molar-refractivity contribution is 0.371. The van der Waals surface area contributed by atoms with E-state index in [4.69, 9.17) is 0 Å². The van der Waals surface area contributed by atoms with Gasteiger partial charge in [-0.1, -0.05) is 18.2 Å². The van der Waals surface area contributed by atoms with E-state index in [9.17, 15) is 0 Å². The van der Waals surface area contributed by atoms with Crippen LogP contribution >= 0.6 is 0 Å². The SMILES string of the molecule is CN=C(NCc1ccc2c(c1)CCCN2C)N1CCN(c2ccccn2)CC1. The Labute approximate surface area is 167 Å². The lowest BCUT2D eigenvalue weighted by Gasteiger charge is -2.37. The van der Waals surface area contributed by atoms with Crippen LogP contribution in [0.5, 0.6) is 0 Å². The van der Waals surface area contributed by atoms with Crippen molar-refractivity contribution < 1.29 is 0 Å². The molecule has 3 heterocycles. The van der Waals surface area contributed by atoms with Crippen molar-refractivity contribution in [3.8, 4) is 0 Å². The Morgan fingerprint density at radius 2 is 1.96 bits per heavy atom. The summed E-state index contributed by atoms with van der Waals surface area (Å²) >= 11 is 0. The molecule has 0 amide bonds. The highest BCUT2D eigenvalue weighted by molar-refractivity contribution is 5.80. The summed E-state index contributed by atoms with van der Waals surface area (Å²) in [6, 6.07) is 12.9. The van der Waals surface area contributed by atoms with E-state index < -0.39 is 0 Å². The fourth-order valence-corrected chi connectivity index (χ4v) is 4.15. The smallest absolute Gasteiger partial charge is 0.194 e. The molecule has 28 heavy (non-hydrogen) atoms. The average Bonchev–Trinajstić information content (AvgIpc) is 2.75. The van der Waals surface area contributed by atoms with Crippen LogP contribution < -0.4 is 15.1 Å². The Balaban J connectivity index is 1.33. The maximum Gasteiger partial charge on any atom is 0.194 e. The van der Waals surface area contributed by atoms with E-state index in [2.05, 4.69) is 61.3 Å². The maximum atomic E-state index is 4.51. The van der Waals surface area contributed by atoms with Crippen LogP contribution in [0, 0.1) is 0 Å². The second-order valence-corrected chi connectivity index (χ2v) is 7.55. The number of nitrogens with zero attached hydrogens (tertiary/aromatic N) is 5. The van der Waals surface area contributed by atoms with Crippen molar-refractivity contribution in [3.63, 3.8) is 0 Å². The molecule has 0 saturated carbocycles. The van der Waals surface area contributed by atoms with E-state index in [-0.39, 0.29) is 0 Å². The molecule has 2 aromatic rings. The first-order chi connectivity index (χ1) is 13.7. The van der Waals surface area contributed by atoms with Crippen LogP contribution in [0.25, 0.3) is 0 Å². The molecular weight excluding hydrogens is 348 g/mol. The average molecular weight is 379 g/mol. The zero-order chi connectivity index (χ0) is 19.3. The molecule has 0 atom stereocenters. The third kappa shape index (κ3) is 4.06. The molecule has 1 aromatic heterocycles. The van der Waals surface area contributed by atoms with E-state index in [1.807, 2.05) is 25.4 Å². The number of aliphatic imine (C=N–C) groups is 1. The van der Waals surface area contributed by atoms with Gasteiger partial charge in [0.1, 0.15) is 5.82 Å². The van der Waals surface area contributed by atoms with Gasteiger partial charge in [-0.3, -0.25) is 4.99 Å². The number of rotatable bonds is 3. The Hall–Kier alpha value is -2.76. The number of hydrogen-bond acceptors (Lipinski definition) is 4. The van der Waals surface area contributed by atoms with Gasteiger partial charge in [0.2, 0.25) is 0 Å². The first kappa shape index (κ1) is 18.6. The summed E-state index contributed by atoms with van der Waals surface area (Å²) in [6.45, 7) is 5.79. The van der Waals surface area contributed by atoms with E-state index in [1.54, 1.807) is 0 Å². The van der Waals surface area contributed by atoms with Crippen LogP contribution in [0.3, 0.4) is 0 Å². The second kappa shape index (κ2) is 8.50. The quantitative estimate of drug-likeness (QED) is 0.656. The standard InChI is InChI=1S/C22H30N6/c1-23-22(28-14-12-27(13-15-28)21-7-3-4-10-24-21)25-17-18-8-9-20-19(16-18)6-5-11-26(20)2/h3-4,7-10,16H,5-6,11-15,17H2,1-2H3,(H,23,25). The molecule has 0 spiro atoms. The van der Waals surface area contributed by atoms with Crippen LogP contribution in [0.4, 0.5) is 11.5 Å². The van der Waals surface area contributed by atoms with Gasteiger partial charge in [-0.2, -0.15) is 0 Å². The first-order valence-electron chi connectivity index (χ1n) is 10.2. The van der Waals surface area contributed by atoms with E-state index in [0.717, 1.165) is 51.0 Å². The summed E-state index contributed by atoms with van der Waals surface area (Å²) in [5, 5.41) is 3.56. The number of aromatic nitrogens is 1. The van der Waals surface area contributed by atoms with Crippen molar-refractivity contribution in [3.05, 3.63) is 53.7 Å². The van der Waals surface area contributed by atoms with Gasteiger partial charge < -0.3 is 20.0 Å². The van der Waals surface area contributed by atoms with Crippen molar-refractivity contribution in [1.82, 2.24) is 15.2 Å². The lowest BCUT2D eigenvalue weighted by Crippen LogP contribution is -2.52. The predicted molar refractivity (Wildman–Crippen MR) is 116 cm³/mol. The van der Waals surface area contributed by atoms with Gasteiger partial charge in [0.25, 0.3) is 0 Å². The van der Waals surface area contributed by atoms with Crippen molar-refractivity contribution in [2.45, 2.75) is 19.4 Å². The van der Waals surface area contributed by atoms with Crippen molar-refractivity contribution >= 4 is 17.5 Å². The van der Waals surface area contributed by atoms with Gasteiger partial charge in [0.05, 0.1) is 0 Å². The van der Waals surface area contributed by atoms with Gasteiger partial charge in [-0.15, -0.1) is 0 Å². The van der Waals surface area contributed by atoms with E-state index in [0.29, 0.717) is 0 Å². The van der Waals surface area contributed by atoms with E-state index >= 15 is 0 Å². The van der Waals surface area contributed by atoms with E-state index in [1.165, 1.54) is 29.7 Å². The largest absolute Gasteiger partial charge is 0.374 e. The summed E-state index contributed by atoms with van der Waals surface area (Å²) < 4.78 is 0. The number of piperazine rings is 1. The van der Waals surface area contributed by atoms with Crippen molar-refractivity contribution in [1.29, 1.82) is 0 Å². The Morgan fingerprint density at radius 1 is 1.11 bits per heavy atom. The zero-order valence-corrected chi connectivity index (χ0v) is 16.9. The summed E-state index contributed by atoms with van der Waals surface area (Å²) in [6.07, 6.45) is 4.28. The first-order valence-corrected chi connectivity index (χ1v) is 10.2. The molecule has 1 fully saturated rings. The highest BCUT2D eigenvalue weighted by Crippen LogP contribution is 2.26. The van der Waals surface area contributed by atoms with Crippen LogP contribution in [-0.4, -0.2) is 62.7 Å². The van der Waals surface area contributed by atoms with Crippen LogP contribution in [0.1, 0.15) is 17.5 Å². The normalized spacial score (nSPS) is 17.5. The number of fused-ring (bicyclic) bond motifs is 1. The molecule has 1 N–H and O–H groups in total. The summed E-state index contributed by atoms with van der Waals surface area (Å²) in [5.74, 6) is 2.04. The number of pyridine rings is 1. The van der Waals surface area contributed by atoms with Crippen LogP contribution in [0.2, 0.25) is 0 Å². The molecule has 0 unspecified atom stereocenters. The topological polar surface area (TPSA) is 47.0 Å². The molecule has 1 aromatic carbocycles. The number of benzene rings is 1. The molecule has 4 rings (SSSR count).